The van der Waals surface area contributed by atoms with E-state index >= 15 is 0 Å². The first-order valence-electron chi connectivity index (χ1n) is 10.4. The number of aromatic nitrogens is 3. The van der Waals surface area contributed by atoms with Gasteiger partial charge in [-0.15, -0.1) is 0 Å². The van der Waals surface area contributed by atoms with E-state index in [0.29, 0.717) is 11.1 Å². The quantitative estimate of drug-likeness (QED) is 0.504. The molecule has 0 saturated carbocycles. The van der Waals surface area contributed by atoms with Gasteiger partial charge in [-0.1, -0.05) is 0 Å². The maximum absolute atomic E-state index is 13.0. The van der Waals surface area contributed by atoms with Crippen molar-refractivity contribution in [2.45, 2.75) is 11.8 Å². The van der Waals surface area contributed by atoms with E-state index in [1.54, 1.807) is 47.1 Å². The molecule has 0 bridgehead atoms. The number of hydrogen-bond donors (Lipinski definition) is 0. The summed E-state index contributed by atoms with van der Waals surface area (Å²) in [5.41, 5.74) is 1.60. The molecule has 11 heteroatoms. The van der Waals surface area contributed by atoms with E-state index in [9.17, 15) is 18.0 Å². The number of amides is 1. The van der Waals surface area contributed by atoms with E-state index in [0.717, 1.165) is 5.69 Å². The van der Waals surface area contributed by atoms with Gasteiger partial charge in [-0.25, -0.2) is 22.9 Å². The molecule has 172 valence electrons. The van der Waals surface area contributed by atoms with Crippen LogP contribution in [0.3, 0.4) is 0 Å². The van der Waals surface area contributed by atoms with Crippen molar-refractivity contribution in [1.29, 1.82) is 0 Å². The van der Waals surface area contributed by atoms with Crippen LogP contribution in [0.25, 0.3) is 5.69 Å². The molecule has 1 amide bonds. The van der Waals surface area contributed by atoms with E-state index in [1.165, 1.54) is 34.9 Å². The molecule has 1 aliphatic rings. The Morgan fingerprint density at radius 2 is 1.58 bits per heavy atom. The van der Waals surface area contributed by atoms with Crippen LogP contribution in [-0.2, 0) is 14.8 Å². The maximum atomic E-state index is 13.0. The van der Waals surface area contributed by atoms with E-state index in [1.807, 2.05) is 0 Å². The smallest absolute Gasteiger partial charge is 0.338 e. The van der Waals surface area contributed by atoms with Crippen LogP contribution >= 0.6 is 0 Å². The zero-order valence-corrected chi connectivity index (χ0v) is 18.8. The number of nitrogens with zero attached hydrogens (tertiary/aromatic N) is 5. The standard InChI is InChI=1S/C22H23N5O5S/c1-2-32-22(29)18-5-9-20(10-6-18)33(30,31)26-13-11-25(12-14-26)21(28)17-3-7-19(8-4-17)27-16-23-15-24-27/h3-10,15-16H,2,11-14H2,1H3. The molecular weight excluding hydrogens is 446 g/mol. The molecule has 1 saturated heterocycles. The van der Waals surface area contributed by atoms with Gasteiger partial charge >= 0.3 is 5.97 Å². The zero-order valence-electron chi connectivity index (χ0n) is 18.0. The summed E-state index contributed by atoms with van der Waals surface area (Å²) >= 11 is 0. The van der Waals surface area contributed by atoms with Crippen LogP contribution in [0, 0.1) is 0 Å². The second kappa shape index (κ2) is 9.51. The molecule has 1 aromatic heterocycles. The van der Waals surface area contributed by atoms with Crippen molar-refractivity contribution in [3.63, 3.8) is 0 Å². The number of hydrogen-bond acceptors (Lipinski definition) is 7. The Kier molecular flexibility index (Phi) is 6.52. The Morgan fingerprint density at radius 3 is 2.15 bits per heavy atom. The minimum absolute atomic E-state index is 0.0963. The average molecular weight is 470 g/mol. The fraction of sp³-hybridized carbons (Fsp3) is 0.273. The second-order valence-electron chi connectivity index (χ2n) is 7.33. The molecule has 1 fully saturated rings. The number of carbonyl (C=O) groups excluding carboxylic acids is 2. The van der Waals surface area contributed by atoms with Crippen molar-refractivity contribution in [3.8, 4) is 5.69 Å². The molecule has 33 heavy (non-hydrogen) atoms. The SMILES string of the molecule is CCOC(=O)c1ccc(S(=O)(=O)N2CCN(C(=O)c3ccc(-n4cncn4)cc3)CC2)cc1. The largest absolute Gasteiger partial charge is 0.462 e. The predicted molar refractivity (Wildman–Crippen MR) is 118 cm³/mol. The Morgan fingerprint density at radius 1 is 0.939 bits per heavy atom. The lowest BCUT2D eigenvalue weighted by molar-refractivity contribution is 0.0526. The number of ether oxygens (including phenoxy) is 1. The van der Waals surface area contributed by atoms with Crippen molar-refractivity contribution >= 4 is 21.9 Å². The molecular formula is C22H23N5O5S. The van der Waals surface area contributed by atoms with E-state index in [-0.39, 0.29) is 43.6 Å². The van der Waals surface area contributed by atoms with Gasteiger partial charge in [0.1, 0.15) is 12.7 Å². The summed E-state index contributed by atoms with van der Waals surface area (Å²) < 4.78 is 33.8. The van der Waals surface area contributed by atoms with Gasteiger partial charge in [0, 0.05) is 31.7 Å². The second-order valence-corrected chi connectivity index (χ2v) is 9.27. The first-order valence-corrected chi connectivity index (χ1v) is 11.9. The first-order chi connectivity index (χ1) is 15.9. The molecule has 0 aliphatic carbocycles. The van der Waals surface area contributed by atoms with Gasteiger partial charge in [0.25, 0.3) is 5.91 Å². The highest BCUT2D eigenvalue weighted by atomic mass is 32.2. The maximum Gasteiger partial charge on any atom is 0.338 e. The van der Waals surface area contributed by atoms with Crippen LogP contribution < -0.4 is 0 Å². The lowest BCUT2D eigenvalue weighted by Gasteiger charge is -2.34. The Labute approximate surface area is 191 Å². The summed E-state index contributed by atoms with van der Waals surface area (Å²) in [4.78, 5) is 30.3. The number of benzene rings is 2. The lowest BCUT2D eigenvalue weighted by Crippen LogP contribution is -2.50. The molecule has 0 N–H and O–H groups in total. The van der Waals surface area contributed by atoms with E-state index in [4.69, 9.17) is 4.74 Å². The van der Waals surface area contributed by atoms with Crippen molar-refractivity contribution in [1.82, 2.24) is 24.0 Å². The minimum Gasteiger partial charge on any atom is -0.462 e. The van der Waals surface area contributed by atoms with Gasteiger partial charge in [0.05, 0.1) is 22.8 Å². The van der Waals surface area contributed by atoms with Crippen LogP contribution in [-0.4, -0.2) is 77.0 Å². The molecule has 3 aromatic rings. The van der Waals surface area contributed by atoms with E-state index in [2.05, 4.69) is 10.1 Å². The number of piperazine rings is 1. The summed E-state index contributed by atoms with van der Waals surface area (Å²) in [7, 11) is -3.73. The highest BCUT2D eigenvalue weighted by molar-refractivity contribution is 7.89. The van der Waals surface area contributed by atoms with Crippen molar-refractivity contribution in [3.05, 3.63) is 72.3 Å². The van der Waals surface area contributed by atoms with Gasteiger partial charge in [0.2, 0.25) is 10.0 Å². The third-order valence-electron chi connectivity index (χ3n) is 5.33. The van der Waals surface area contributed by atoms with Crippen molar-refractivity contribution < 1.29 is 22.7 Å². The highest BCUT2D eigenvalue weighted by Crippen LogP contribution is 2.20. The predicted octanol–water partition coefficient (Wildman–Crippen LogP) is 1.59. The van der Waals surface area contributed by atoms with Crippen LogP contribution in [0.4, 0.5) is 0 Å². The summed E-state index contributed by atoms with van der Waals surface area (Å²) in [6.07, 6.45) is 3.00. The number of sulfonamides is 1. The van der Waals surface area contributed by atoms with Crippen LogP contribution in [0.2, 0.25) is 0 Å². The highest BCUT2D eigenvalue weighted by Gasteiger charge is 2.30. The fourth-order valence-corrected chi connectivity index (χ4v) is 4.96. The number of carbonyl (C=O) groups is 2. The minimum atomic E-state index is -3.73. The molecule has 2 aromatic carbocycles. The summed E-state index contributed by atoms with van der Waals surface area (Å²) in [6.45, 7) is 2.88. The van der Waals surface area contributed by atoms with Gasteiger partial charge in [-0.3, -0.25) is 4.79 Å². The Bertz CT molecular complexity index is 1220. The first kappa shape index (κ1) is 22.6. The van der Waals surface area contributed by atoms with Gasteiger partial charge in [-0.05, 0) is 55.5 Å². The fourth-order valence-electron chi connectivity index (χ4n) is 3.54. The molecule has 0 spiro atoms. The van der Waals surface area contributed by atoms with Gasteiger partial charge in [0.15, 0.2) is 0 Å². The molecule has 10 nitrogen and oxygen atoms in total. The van der Waals surface area contributed by atoms with Crippen LogP contribution in [0.15, 0.2) is 66.1 Å². The van der Waals surface area contributed by atoms with Gasteiger partial charge < -0.3 is 9.64 Å². The van der Waals surface area contributed by atoms with E-state index < -0.39 is 16.0 Å². The third kappa shape index (κ3) is 4.78. The molecule has 0 atom stereocenters. The number of rotatable bonds is 6. The normalized spacial score (nSPS) is 14.8. The molecule has 0 unspecified atom stereocenters. The lowest BCUT2D eigenvalue weighted by atomic mass is 10.1. The molecule has 4 rings (SSSR count). The summed E-state index contributed by atoms with van der Waals surface area (Å²) in [6, 6.07) is 12.7. The summed E-state index contributed by atoms with van der Waals surface area (Å²) in [5, 5.41) is 4.05. The zero-order chi connectivity index (χ0) is 23.4. The topological polar surface area (TPSA) is 115 Å². The van der Waals surface area contributed by atoms with Crippen molar-refractivity contribution in [2.75, 3.05) is 32.8 Å². The third-order valence-corrected chi connectivity index (χ3v) is 7.24. The number of esters is 1. The Hall–Kier alpha value is -3.57. The summed E-state index contributed by atoms with van der Waals surface area (Å²) in [5.74, 6) is -0.654. The van der Waals surface area contributed by atoms with Crippen molar-refractivity contribution in [2.24, 2.45) is 0 Å². The molecule has 0 radical (unpaired) electrons. The molecule has 2 heterocycles. The molecule has 1 aliphatic heterocycles. The van der Waals surface area contributed by atoms with Gasteiger partial charge in [-0.2, -0.15) is 9.40 Å². The Balaban J connectivity index is 1.38. The average Bonchev–Trinajstić information content (AvgIpc) is 3.39. The monoisotopic (exact) mass is 469 g/mol. The van der Waals surface area contributed by atoms with Crippen LogP contribution in [0.5, 0.6) is 0 Å². The van der Waals surface area contributed by atoms with Crippen LogP contribution in [0.1, 0.15) is 27.6 Å².